The smallest absolute Gasteiger partial charge is 0.263 e. The van der Waals surface area contributed by atoms with Crippen LogP contribution in [0.15, 0.2) is 83.8 Å². The Morgan fingerprint density at radius 3 is 1.74 bits per heavy atom. The molecule has 0 aliphatic carbocycles. The molecule has 8 rings (SSSR count). The summed E-state index contributed by atoms with van der Waals surface area (Å²) in [6.07, 6.45) is 0. The fourth-order valence-electron chi connectivity index (χ4n) is 6.97. The number of rotatable bonds is 9. The molecule has 0 aromatic heterocycles. The zero-order valence-corrected chi connectivity index (χ0v) is 30.4. The van der Waals surface area contributed by atoms with E-state index >= 15 is 0 Å². The van der Waals surface area contributed by atoms with Gasteiger partial charge in [-0.1, -0.05) is 35.9 Å². The number of carbonyl (C=O) groups is 2. The highest BCUT2D eigenvalue weighted by molar-refractivity contribution is 7.92. The fraction of sp³-hybridized carbons (Fsp3) is 0.316. The van der Waals surface area contributed by atoms with Crippen LogP contribution in [-0.4, -0.2) is 106 Å². The molecule has 0 spiro atoms. The third-order valence-corrected chi connectivity index (χ3v) is 11.7. The average Bonchev–Trinajstić information content (AvgIpc) is 3.84. The van der Waals surface area contributed by atoms with E-state index < -0.39 is 10.0 Å². The first-order valence-electron chi connectivity index (χ1n) is 17.4. The van der Waals surface area contributed by atoms with Gasteiger partial charge >= 0.3 is 0 Å². The molecule has 0 unspecified atom stereocenters. The standard InChI is InChI=1S/C38H38ClN5O8S/c39-30-8-7-28(37(45)43-15-11-41(12-16-43)22-26-5-9-32-34(19-26)51-24-49-32)21-36(30)53(47,48)40-31-4-2-1-3-29(31)38(46)44-17-13-42(14-18-44)23-27-6-10-33-35(20-27)52-25-50-33/h1-10,19-21,40H,11-18,22-25H2. The predicted octanol–water partition coefficient (Wildman–Crippen LogP) is 4.51. The van der Waals surface area contributed by atoms with Crippen molar-refractivity contribution in [1.82, 2.24) is 19.6 Å². The van der Waals surface area contributed by atoms with Crippen molar-refractivity contribution in [3.63, 3.8) is 0 Å². The number of halogens is 1. The topological polar surface area (TPSA) is 130 Å². The van der Waals surface area contributed by atoms with Crippen LogP contribution >= 0.6 is 11.6 Å². The van der Waals surface area contributed by atoms with E-state index in [0.717, 1.165) is 34.1 Å². The largest absolute Gasteiger partial charge is 0.454 e. The summed E-state index contributed by atoms with van der Waals surface area (Å²) >= 11 is 6.43. The summed E-state index contributed by atoms with van der Waals surface area (Å²) in [5.74, 6) is 2.38. The van der Waals surface area contributed by atoms with Crippen molar-refractivity contribution >= 4 is 39.1 Å². The number of sulfonamides is 1. The van der Waals surface area contributed by atoms with Gasteiger partial charge in [0.25, 0.3) is 21.8 Å². The Hall–Kier alpha value is -5.02. The fourth-order valence-corrected chi connectivity index (χ4v) is 8.57. The average molecular weight is 760 g/mol. The Balaban J connectivity index is 0.890. The van der Waals surface area contributed by atoms with Crippen LogP contribution in [0.3, 0.4) is 0 Å². The van der Waals surface area contributed by atoms with Gasteiger partial charge in [-0.15, -0.1) is 0 Å². The Kier molecular flexibility index (Phi) is 9.77. The first-order chi connectivity index (χ1) is 25.7. The van der Waals surface area contributed by atoms with Crippen LogP contribution < -0.4 is 23.7 Å². The molecular formula is C38H38ClN5O8S. The SMILES string of the molecule is O=C(c1ccc(Cl)c(S(=O)(=O)Nc2ccccc2C(=O)N2CCN(Cc3ccc4c(c3)OCO4)CC2)c1)N1CCN(Cc2ccc3c(c2)OCO3)CC1. The molecule has 4 aromatic carbocycles. The molecule has 53 heavy (non-hydrogen) atoms. The van der Waals surface area contributed by atoms with E-state index in [1.165, 1.54) is 18.2 Å². The molecule has 4 heterocycles. The number of ether oxygens (including phenoxy) is 4. The molecule has 13 nitrogen and oxygen atoms in total. The lowest BCUT2D eigenvalue weighted by Crippen LogP contribution is -2.48. The molecular weight excluding hydrogens is 722 g/mol. The number of benzene rings is 4. The highest BCUT2D eigenvalue weighted by Gasteiger charge is 2.29. The van der Waals surface area contributed by atoms with Gasteiger partial charge in [-0.25, -0.2) is 8.42 Å². The van der Waals surface area contributed by atoms with Gasteiger partial charge in [-0.2, -0.15) is 0 Å². The Morgan fingerprint density at radius 2 is 1.15 bits per heavy atom. The lowest BCUT2D eigenvalue weighted by atomic mass is 10.1. The zero-order valence-electron chi connectivity index (χ0n) is 28.8. The van der Waals surface area contributed by atoms with E-state index in [-0.39, 0.29) is 52.1 Å². The zero-order chi connectivity index (χ0) is 36.5. The quantitative estimate of drug-likeness (QED) is 0.260. The van der Waals surface area contributed by atoms with Gasteiger partial charge in [0.1, 0.15) is 4.90 Å². The lowest BCUT2D eigenvalue weighted by Gasteiger charge is -2.35. The Labute approximate surface area is 312 Å². The Morgan fingerprint density at radius 1 is 0.623 bits per heavy atom. The molecule has 0 bridgehead atoms. The van der Waals surface area contributed by atoms with E-state index in [1.54, 1.807) is 34.1 Å². The third-order valence-electron chi connectivity index (χ3n) is 9.87. The van der Waals surface area contributed by atoms with Gasteiger partial charge in [0.15, 0.2) is 23.0 Å². The molecule has 4 aliphatic rings. The summed E-state index contributed by atoms with van der Waals surface area (Å²) in [4.78, 5) is 35.0. The highest BCUT2D eigenvalue weighted by atomic mass is 35.5. The minimum absolute atomic E-state index is 0.0371. The molecule has 4 aromatic rings. The predicted molar refractivity (Wildman–Crippen MR) is 196 cm³/mol. The maximum atomic E-state index is 13.8. The number of anilines is 1. The summed E-state index contributed by atoms with van der Waals surface area (Å²) in [5.41, 5.74) is 2.75. The molecule has 276 valence electrons. The van der Waals surface area contributed by atoms with Crippen LogP contribution in [0, 0.1) is 0 Å². The van der Waals surface area contributed by atoms with Crippen molar-refractivity contribution in [2.45, 2.75) is 18.0 Å². The van der Waals surface area contributed by atoms with Crippen molar-refractivity contribution in [2.24, 2.45) is 0 Å². The second-order valence-corrected chi connectivity index (χ2v) is 15.4. The minimum atomic E-state index is -4.29. The van der Waals surface area contributed by atoms with Crippen molar-refractivity contribution in [3.8, 4) is 23.0 Å². The Bertz CT molecular complexity index is 2150. The van der Waals surface area contributed by atoms with Crippen LogP contribution in [0.1, 0.15) is 31.8 Å². The first-order valence-corrected chi connectivity index (χ1v) is 19.3. The van der Waals surface area contributed by atoms with E-state index in [1.807, 2.05) is 36.4 Å². The lowest BCUT2D eigenvalue weighted by molar-refractivity contribution is 0.0622. The number of nitrogens with one attached hydrogen (secondary N) is 1. The van der Waals surface area contributed by atoms with Gasteiger partial charge in [-0.3, -0.25) is 24.1 Å². The number of nitrogens with zero attached hydrogens (tertiary/aromatic N) is 4. The number of carbonyl (C=O) groups excluding carboxylic acids is 2. The first kappa shape index (κ1) is 35.0. The van der Waals surface area contributed by atoms with Crippen LogP contribution in [-0.2, 0) is 23.1 Å². The number of amides is 2. The van der Waals surface area contributed by atoms with Crippen LogP contribution in [0.2, 0.25) is 5.02 Å². The summed E-state index contributed by atoms with van der Waals surface area (Å²) in [6, 6.07) is 22.5. The summed E-state index contributed by atoms with van der Waals surface area (Å²) in [5, 5.41) is -0.0371. The molecule has 1 N–H and O–H groups in total. The van der Waals surface area contributed by atoms with Gasteiger partial charge < -0.3 is 28.7 Å². The molecule has 0 atom stereocenters. The molecule has 15 heteroatoms. The molecule has 2 amide bonds. The van der Waals surface area contributed by atoms with Crippen molar-refractivity contribution in [3.05, 3.63) is 106 Å². The van der Waals surface area contributed by atoms with Crippen LogP contribution in [0.5, 0.6) is 23.0 Å². The van der Waals surface area contributed by atoms with Crippen molar-refractivity contribution in [1.29, 1.82) is 0 Å². The molecule has 4 aliphatic heterocycles. The molecule has 0 radical (unpaired) electrons. The number of para-hydroxylation sites is 1. The van der Waals surface area contributed by atoms with Gasteiger partial charge in [0, 0.05) is 71.0 Å². The maximum absolute atomic E-state index is 13.8. The van der Waals surface area contributed by atoms with Crippen LogP contribution in [0.4, 0.5) is 5.69 Å². The van der Waals surface area contributed by atoms with Gasteiger partial charge in [0.05, 0.1) is 16.3 Å². The van der Waals surface area contributed by atoms with E-state index in [4.69, 9.17) is 30.5 Å². The van der Waals surface area contributed by atoms with Gasteiger partial charge in [0.2, 0.25) is 13.6 Å². The summed E-state index contributed by atoms with van der Waals surface area (Å²) < 4.78 is 52.0. The molecule has 2 fully saturated rings. The van der Waals surface area contributed by atoms with Crippen LogP contribution in [0.25, 0.3) is 0 Å². The summed E-state index contributed by atoms with van der Waals surface area (Å²) in [6.45, 7) is 6.38. The molecule has 2 saturated heterocycles. The van der Waals surface area contributed by atoms with Gasteiger partial charge in [-0.05, 0) is 65.7 Å². The third kappa shape index (κ3) is 7.58. The summed E-state index contributed by atoms with van der Waals surface area (Å²) in [7, 11) is -4.29. The number of piperazine rings is 2. The second-order valence-electron chi connectivity index (χ2n) is 13.3. The molecule has 0 saturated carbocycles. The second kappa shape index (κ2) is 14.8. The number of hydrogen-bond donors (Lipinski definition) is 1. The van der Waals surface area contributed by atoms with E-state index in [9.17, 15) is 18.0 Å². The van der Waals surface area contributed by atoms with Crippen molar-refractivity contribution < 1.29 is 37.0 Å². The number of fused-ring (bicyclic) bond motifs is 2. The monoisotopic (exact) mass is 759 g/mol. The van der Waals surface area contributed by atoms with E-state index in [0.29, 0.717) is 65.4 Å². The normalized spacial score (nSPS) is 17.2. The number of hydrogen-bond acceptors (Lipinski definition) is 10. The minimum Gasteiger partial charge on any atom is -0.454 e. The van der Waals surface area contributed by atoms with E-state index in [2.05, 4.69) is 14.5 Å². The highest BCUT2D eigenvalue weighted by Crippen LogP contribution is 2.34. The van der Waals surface area contributed by atoms with Crippen molar-refractivity contribution in [2.75, 3.05) is 70.7 Å². The maximum Gasteiger partial charge on any atom is 0.263 e.